The van der Waals surface area contributed by atoms with Gasteiger partial charge in [-0.1, -0.05) is 11.6 Å². The van der Waals surface area contributed by atoms with E-state index in [-0.39, 0.29) is 22.8 Å². The van der Waals surface area contributed by atoms with Crippen molar-refractivity contribution in [3.05, 3.63) is 28.8 Å². The molecule has 0 aliphatic carbocycles. The van der Waals surface area contributed by atoms with E-state index < -0.39 is 0 Å². The van der Waals surface area contributed by atoms with Crippen LogP contribution in [0.25, 0.3) is 0 Å². The Labute approximate surface area is 117 Å². The molecule has 1 saturated heterocycles. The number of likely N-dealkylation sites (N-methyl/N-ethyl adjacent to an activating group) is 1. The quantitative estimate of drug-likeness (QED) is 0.873. The second-order valence-electron chi connectivity index (χ2n) is 4.55. The summed E-state index contributed by atoms with van der Waals surface area (Å²) < 4.78 is 5.56. The third-order valence-corrected chi connectivity index (χ3v) is 3.33. The molecule has 1 amide bonds. The van der Waals surface area contributed by atoms with Crippen molar-refractivity contribution in [1.82, 2.24) is 10.2 Å². The smallest absolute Gasteiger partial charge is 0.253 e. The largest absolute Gasteiger partial charge is 0.506 e. The lowest BCUT2D eigenvalue weighted by molar-refractivity contribution is 0.0104. The van der Waals surface area contributed by atoms with E-state index in [9.17, 15) is 9.90 Å². The zero-order chi connectivity index (χ0) is 13.8. The Hall–Kier alpha value is -1.30. The molecule has 1 aliphatic rings. The van der Waals surface area contributed by atoms with Gasteiger partial charge in [-0.2, -0.15) is 0 Å². The lowest BCUT2D eigenvalue weighted by atomic mass is 10.2. The highest BCUT2D eigenvalue weighted by Crippen LogP contribution is 2.24. The number of hydrogen-bond acceptors (Lipinski definition) is 4. The molecule has 1 unspecified atom stereocenters. The van der Waals surface area contributed by atoms with Crippen molar-refractivity contribution in [3.8, 4) is 5.75 Å². The number of phenols is 1. The second-order valence-corrected chi connectivity index (χ2v) is 4.96. The molecule has 1 atom stereocenters. The minimum Gasteiger partial charge on any atom is -0.506 e. The number of carbonyl (C=O) groups excluding carboxylic acids is 1. The van der Waals surface area contributed by atoms with Crippen LogP contribution in [-0.4, -0.2) is 55.3 Å². The molecule has 1 aromatic rings. The Balaban J connectivity index is 1.99. The van der Waals surface area contributed by atoms with Crippen molar-refractivity contribution < 1.29 is 14.6 Å². The van der Waals surface area contributed by atoms with Gasteiger partial charge in [0.1, 0.15) is 5.75 Å². The molecule has 1 heterocycles. The van der Waals surface area contributed by atoms with Gasteiger partial charge in [-0.3, -0.25) is 4.79 Å². The summed E-state index contributed by atoms with van der Waals surface area (Å²) in [5.41, 5.74) is 0.453. The molecule has 5 nitrogen and oxygen atoms in total. The Morgan fingerprint density at radius 1 is 1.63 bits per heavy atom. The number of nitrogens with one attached hydrogen (secondary N) is 1. The highest BCUT2D eigenvalue weighted by Gasteiger charge is 2.20. The highest BCUT2D eigenvalue weighted by molar-refractivity contribution is 6.32. The molecular weight excluding hydrogens is 268 g/mol. The summed E-state index contributed by atoms with van der Waals surface area (Å²) >= 11 is 5.80. The summed E-state index contributed by atoms with van der Waals surface area (Å²) in [4.78, 5) is 13.8. The fourth-order valence-electron chi connectivity index (χ4n) is 1.99. The van der Waals surface area contributed by atoms with E-state index in [1.54, 1.807) is 18.0 Å². The van der Waals surface area contributed by atoms with E-state index in [0.717, 1.165) is 13.1 Å². The fraction of sp³-hybridized carbons (Fsp3) is 0.462. The van der Waals surface area contributed by atoms with Gasteiger partial charge in [-0.05, 0) is 18.2 Å². The van der Waals surface area contributed by atoms with E-state index >= 15 is 0 Å². The number of phenolic OH excluding ortho intramolecular Hbond substituents is 1. The first-order valence-corrected chi connectivity index (χ1v) is 6.52. The van der Waals surface area contributed by atoms with E-state index in [1.807, 2.05) is 0 Å². The van der Waals surface area contributed by atoms with Gasteiger partial charge in [0.25, 0.3) is 5.91 Å². The number of nitrogens with zero attached hydrogens (tertiary/aromatic N) is 1. The van der Waals surface area contributed by atoms with Gasteiger partial charge in [0.2, 0.25) is 0 Å². The molecule has 0 saturated carbocycles. The lowest BCUT2D eigenvalue weighted by Crippen LogP contribution is -2.45. The Kier molecular flexibility index (Phi) is 4.63. The van der Waals surface area contributed by atoms with Crippen LogP contribution in [0.4, 0.5) is 0 Å². The minimum atomic E-state index is -0.143. The monoisotopic (exact) mass is 284 g/mol. The summed E-state index contributed by atoms with van der Waals surface area (Å²) in [6.45, 7) is 2.78. The van der Waals surface area contributed by atoms with Gasteiger partial charge in [0.15, 0.2) is 0 Å². The summed E-state index contributed by atoms with van der Waals surface area (Å²) in [5, 5.41) is 12.7. The molecule has 19 heavy (non-hydrogen) atoms. The summed E-state index contributed by atoms with van der Waals surface area (Å²) in [5.74, 6) is -0.170. The maximum atomic E-state index is 12.2. The molecule has 2 rings (SSSR count). The predicted octanol–water partition coefficient (Wildman–Crippen LogP) is 1.11. The molecule has 0 spiro atoms. The SMILES string of the molecule is CN(CC1CNCCO1)C(=O)c1ccc(O)c(Cl)c1. The third-order valence-electron chi connectivity index (χ3n) is 3.02. The Bertz CT molecular complexity index is 461. The number of hydrogen-bond donors (Lipinski definition) is 2. The average Bonchev–Trinajstić information content (AvgIpc) is 2.42. The van der Waals surface area contributed by atoms with Crippen LogP contribution in [0.1, 0.15) is 10.4 Å². The van der Waals surface area contributed by atoms with Crippen molar-refractivity contribution in [2.45, 2.75) is 6.10 Å². The summed E-state index contributed by atoms with van der Waals surface area (Å²) in [7, 11) is 1.72. The molecule has 1 fully saturated rings. The minimum absolute atomic E-state index is 0.00952. The number of halogens is 1. The number of aromatic hydroxyl groups is 1. The topological polar surface area (TPSA) is 61.8 Å². The first-order chi connectivity index (χ1) is 9.08. The standard InChI is InChI=1S/C13H17ClN2O3/c1-16(8-10-7-15-4-5-19-10)13(18)9-2-3-12(17)11(14)6-9/h2-3,6,10,15,17H,4-5,7-8H2,1H3. The van der Waals surface area contributed by atoms with Crippen molar-refractivity contribution in [1.29, 1.82) is 0 Å². The Morgan fingerprint density at radius 3 is 3.05 bits per heavy atom. The van der Waals surface area contributed by atoms with Crippen LogP contribution < -0.4 is 5.32 Å². The van der Waals surface area contributed by atoms with Crippen molar-refractivity contribution in [3.63, 3.8) is 0 Å². The first kappa shape index (κ1) is 14.1. The highest BCUT2D eigenvalue weighted by atomic mass is 35.5. The van der Waals surface area contributed by atoms with Crippen LogP contribution in [0.3, 0.4) is 0 Å². The van der Waals surface area contributed by atoms with Gasteiger partial charge >= 0.3 is 0 Å². The molecule has 2 N–H and O–H groups in total. The van der Waals surface area contributed by atoms with E-state index in [4.69, 9.17) is 16.3 Å². The van der Waals surface area contributed by atoms with Crippen LogP contribution in [0.15, 0.2) is 18.2 Å². The molecule has 0 aromatic heterocycles. The first-order valence-electron chi connectivity index (χ1n) is 6.14. The molecule has 1 aliphatic heterocycles. The average molecular weight is 285 g/mol. The van der Waals surface area contributed by atoms with Gasteiger partial charge in [0, 0.05) is 32.2 Å². The molecule has 0 bridgehead atoms. The molecular formula is C13H17ClN2O3. The summed E-state index contributed by atoms with van der Waals surface area (Å²) in [6, 6.07) is 4.44. The van der Waals surface area contributed by atoms with E-state index in [1.165, 1.54) is 12.1 Å². The third kappa shape index (κ3) is 3.59. The normalized spacial score (nSPS) is 19.2. The maximum absolute atomic E-state index is 12.2. The molecule has 0 radical (unpaired) electrons. The Morgan fingerprint density at radius 2 is 2.42 bits per heavy atom. The number of ether oxygens (including phenoxy) is 1. The number of amides is 1. The van der Waals surface area contributed by atoms with E-state index in [0.29, 0.717) is 18.7 Å². The van der Waals surface area contributed by atoms with Crippen molar-refractivity contribution in [2.75, 3.05) is 33.3 Å². The van der Waals surface area contributed by atoms with Crippen LogP contribution >= 0.6 is 11.6 Å². The maximum Gasteiger partial charge on any atom is 0.253 e. The zero-order valence-corrected chi connectivity index (χ0v) is 11.5. The number of carbonyl (C=O) groups is 1. The number of morpholine rings is 1. The molecule has 104 valence electrons. The lowest BCUT2D eigenvalue weighted by Gasteiger charge is -2.28. The van der Waals surface area contributed by atoms with Gasteiger partial charge in [-0.15, -0.1) is 0 Å². The second kappa shape index (κ2) is 6.23. The van der Waals surface area contributed by atoms with Gasteiger partial charge in [0.05, 0.1) is 17.7 Å². The van der Waals surface area contributed by atoms with Crippen LogP contribution in [0, 0.1) is 0 Å². The van der Waals surface area contributed by atoms with Crippen LogP contribution in [0.2, 0.25) is 5.02 Å². The van der Waals surface area contributed by atoms with Crippen LogP contribution in [-0.2, 0) is 4.74 Å². The van der Waals surface area contributed by atoms with Crippen molar-refractivity contribution >= 4 is 17.5 Å². The van der Waals surface area contributed by atoms with Crippen molar-refractivity contribution in [2.24, 2.45) is 0 Å². The molecule has 6 heteroatoms. The van der Waals surface area contributed by atoms with Gasteiger partial charge in [-0.25, -0.2) is 0 Å². The predicted molar refractivity (Wildman–Crippen MR) is 72.7 cm³/mol. The number of benzene rings is 1. The van der Waals surface area contributed by atoms with Crippen LogP contribution in [0.5, 0.6) is 5.75 Å². The summed E-state index contributed by atoms with van der Waals surface area (Å²) in [6.07, 6.45) is 0.00952. The molecule has 1 aromatic carbocycles. The zero-order valence-electron chi connectivity index (χ0n) is 10.7. The number of rotatable bonds is 3. The van der Waals surface area contributed by atoms with E-state index in [2.05, 4.69) is 5.32 Å². The fourth-order valence-corrected chi connectivity index (χ4v) is 2.17. The van der Waals surface area contributed by atoms with Gasteiger partial charge < -0.3 is 20.1 Å².